The van der Waals surface area contributed by atoms with Gasteiger partial charge in [-0.2, -0.15) is 0 Å². The van der Waals surface area contributed by atoms with Crippen LogP contribution < -0.4 is 10.1 Å². The van der Waals surface area contributed by atoms with E-state index < -0.39 is 0 Å². The SMILES string of the molecule is COc1cc(Cl)c(C)cc1NC(=O)c1cncnc1C. The molecule has 2 rings (SSSR count). The standard InChI is InChI=1S/C14H14ClN3O2/c1-8-4-12(13(20-3)5-11(8)15)18-14(19)10-6-16-7-17-9(10)2/h4-7H,1-3H3,(H,18,19). The van der Waals surface area contributed by atoms with Crippen molar-refractivity contribution in [2.24, 2.45) is 0 Å². The van der Waals surface area contributed by atoms with Crippen LogP contribution in [0, 0.1) is 13.8 Å². The van der Waals surface area contributed by atoms with E-state index in [1.807, 2.05) is 6.92 Å². The van der Waals surface area contributed by atoms with Crippen LogP contribution in [0.25, 0.3) is 0 Å². The number of rotatable bonds is 3. The maximum absolute atomic E-state index is 12.2. The van der Waals surface area contributed by atoms with Crippen molar-refractivity contribution >= 4 is 23.2 Å². The highest BCUT2D eigenvalue weighted by Gasteiger charge is 2.14. The Bertz CT molecular complexity index is 659. The molecule has 6 heteroatoms. The van der Waals surface area contributed by atoms with Gasteiger partial charge in [0.15, 0.2) is 0 Å². The van der Waals surface area contributed by atoms with Crippen molar-refractivity contribution in [1.82, 2.24) is 9.97 Å². The average Bonchev–Trinajstić information content (AvgIpc) is 2.43. The molecular formula is C14H14ClN3O2. The van der Waals surface area contributed by atoms with Gasteiger partial charge < -0.3 is 10.1 Å². The van der Waals surface area contributed by atoms with Gasteiger partial charge in [0.25, 0.3) is 5.91 Å². The average molecular weight is 292 g/mol. The minimum Gasteiger partial charge on any atom is -0.495 e. The van der Waals surface area contributed by atoms with Crippen molar-refractivity contribution in [3.8, 4) is 5.75 Å². The molecule has 0 radical (unpaired) electrons. The molecule has 1 aromatic heterocycles. The Morgan fingerprint density at radius 1 is 1.35 bits per heavy atom. The quantitative estimate of drug-likeness (QED) is 0.944. The molecule has 0 aliphatic rings. The number of anilines is 1. The highest BCUT2D eigenvalue weighted by atomic mass is 35.5. The summed E-state index contributed by atoms with van der Waals surface area (Å²) >= 11 is 6.03. The molecule has 1 heterocycles. The molecule has 5 nitrogen and oxygen atoms in total. The zero-order chi connectivity index (χ0) is 14.7. The van der Waals surface area contributed by atoms with Crippen LogP contribution in [0.5, 0.6) is 5.75 Å². The first-order valence-corrected chi connectivity index (χ1v) is 6.33. The third-order valence-electron chi connectivity index (χ3n) is 2.89. The van der Waals surface area contributed by atoms with Crippen molar-refractivity contribution in [2.45, 2.75) is 13.8 Å². The Balaban J connectivity index is 2.33. The second-order valence-corrected chi connectivity index (χ2v) is 4.68. The van der Waals surface area contributed by atoms with Gasteiger partial charge in [0, 0.05) is 17.3 Å². The molecule has 0 atom stereocenters. The molecule has 1 N–H and O–H groups in total. The number of ether oxygens (including phenoxy) is 1. The second kappa shape index (κ2) is 5.88. The number of aryl methyl sites for hydroxylation is 2. The predicted octanol–water partition coefficient (Wildman–Crippen LogP) is 3.01. The summed E-state index contributed by atoms with van der Waals surface area (Å²) in [6.45, 7) is 3.61. The van der Waals surface area contributed by atoms with Crippen molar-refractivity contribution in [1.29, 1.82) is 0 Å². The Hall–Kier alpha value is -2.14. The van der Waals surface area contributed by atoms with Crippen LogP contribution >= 0.6 is 11.6 Å². The number of methoxy groups -OCH3 is 1. The molecule has 0 aliphatic carbocycles. The molecular weight excluding hydrogens is 278 g/mol. The lowest BCUT2D eigenvalue weighted by Crippen LogP contribution is -2.15. The lowest BCUT2D eigenvalue weighted by molar-refractivity contribution is 0.102. The largest absolute Gasteiger partial charge is 0.495 e. The molecule has 0 saturated carbocycles. The van der Waals surface area contributed by atoms with Gasteiger partial charge in [-0.15, -0.1) is 0 Å². The van der Waals surface area contributed by atoms with Gasteiger partial charge in [-0.3, -0.25) is 4.79 Å². The van der Waals surface area contributed by atoms with Crippen molar-refractivity contribution in [3.05, 3.63) is 46.5 Å². The first-order chi connectivity index (χ1) is 9.52. The molecule has 1 aromatic carbocycles. The smallest absolute Gasteiger partial charge is 0.259 e. The fourth-order valence-electron chi connectivity index (χ4n) is 1.73. The van der Waals surface area contributed by atoms with Crippen LogP contribution in [0.2, 0.25) is 5.02 Å². The lowest BCUT2D eigenvalue weighted by Gasteiger charge is -2.12. The van der Waals surface area contributed by atoms with Crippen molar-refractivity contribution in [3.63, 3.8) is 0 Å². The number of carbonyl (C=O) groups excluding carboxylic acids is 1. The van der Waals surface area contributed by atoms with Crippen LogP contribution in [-0.4, -0.2) is 23.0 Å². The van der Waals surface area contributed by atoms with Crippen molar-refractivity contribution < 1.29 is 9.53 Å². The maximum atomic E-state index is 12.2. The van der Waals surface area contributed by atoms with E-state index in [-0.39, 0.29) is 5.91 Å². The van der Waals surface area contributed by atoms with E-state index in [4.69, 9.17) is 16.3 Å². The highest BCUT2D eigenvalue weighted by Crippen LogP contribution is 2.31. The van der Waals surface area contributed by atoms with E-state index in [2.05, 4.69) is 15.3 Å². The number of hydrogen-bond acceptors (Lipinski definition) is 4. The number of nitrogens with zero attached hydrogens (tertiary/aromatic N) is 2. The van der Waals surface area contributed by atoms with E-state index in [9.17, 15) is 4.79 Å². The number of aromatic nitrogens is 2. The van der Waals surface area contributed by atoms with Gasteiger partial charge in [0.05, 0.1) is 24.1 Å². The second-order valence-electron chi connectivity index (χ2n) is 4.28. The van der Waals surface area contributed by atoms with Crippen LogP contribution in [0.4, 0.5) is 5.69 Å². The Morgan fingerprint density at radius 3 is 2.75 bits per heavy atom. The van der Waals surface area contributed by atoms with Gasteiger partial charge in [-0.1, -0.05) is 11.6 Å². The predicted molar refractivity (Wildman–Crippen MR) is 77.5 cm³/mol. The summed E-state index contributed by atoms with van der Waals surface area (Å²) in [6.07, 6.45) is 2.88. The summed E-state index contributed by atoms with van der Waals surface area (Å²) in [5, 5.41) is 3.37. The molecule has 0 unspecified atom stereocenters. The normalized spacial score (nSPS) is 10.2. The number of amides is 1. The van der Waals surface area contributed by atoms with E-state index in [0.29, 0.717) is 27.7 Å². The van der Waals surface area contributed by atoms with Crippen LogP contribution in [0.1, 0.15) is 21.6 Å². The number of benzene rings is 1. The van der Waals surface area contributed by atoms with E-state index >= 15 is 0 Å². The fraction of sp³-hybridized carbons (Fsp3) is 0.214. The van der Waals surface area contributed by atoms with E-state index in [1.54, 1.807) is 19.1 Å². The Labute approximate surface area is 122 Å². The third kappa shape index (κ3) is 2.88. The first-order valence-electron chi connectivity index (χ1n) is 5.95. The molecule has 0 fully saturated rings. The topological polar surface area (TPSA) is 64.1 Å². The summed E-state index contributed by atoms with van der Waals surface area (Å²) in [5.41, 5.74) is 2.44. The zero-order valence-corrected chi connectivity index (χ0v) is 12.2. The van der Waals surface area contributed by atoms with Gasteiger partial charge in [0.1, 0.15) is 12.1 Å². The summed E-state index contributed by atoms with van der Waals surface area (Å²) in [4.78, 5) is 20.1. The van der Waals surface area contributed by atoms with Gasteiger partial charge >= 0.3 is 0 Å². The summed E-state index contributed by atoms with van der Waals surface area (Å²) in [5.74, 6) is 0.214. The van der Waals surface area contributed by atoms with E-state index in [1.165, 1.54) is 19.6 Å². The zero-order valence-electron chi connectivity index (χ0n) is 11.4. The Morgan fingerprint density at radius 2 is 2.10 bits per heavy atom. The summed E-state index contributed by atoms with van der Waals surface area (Å²) in [6, 6.07) is 3.43. The lowest BCUT2D eigenvalue weighted by atomic mass is 10.2. The maximum Gasteiger partial charge on any atom is 0.259 e. The van der Waals surface area contributed by atoms with Crippen LogP contribution in [0.3, 0.4) is 0 Å². The van der Waals surface area contributed by atoms with Gasteiger partial charge in [0.2, 0.25) is 0 Å². The van der Waals surface area contributed by atoms with E-state index in [0.717, 1.165) is 5.56 Å². The molecule has 1 amide bonds. The molecule has 104 valence electrons. The third-order valence-corrected chi connectivity index (χ3v) is 3.29. The molecule has 20 heavy (non-hydrogen) atoms. The number of carbonyl (C=O) groups is 1. The van der Waals surface area contributed by atoms with Crippen LogP contribution in [0.15, 0.2) is 24.7 Å². The number of nitrogens with one attached hydrogen (secondary N) is 1. The highest BCUT2D eigenvalue weighted by molar-refractivity contribution is 6.31. The molecule has 2 aromatic rings. The number of hydrogen-bond donors (Lipinski definition) is 1. The minimum atomic E-state index is -0.289. The molecule has 0 bridgehead atoms. The first kappa shape index (κ1) is 14.3. The monoisotopic (exact) mass is 291 g/mol. The van der Waals surface area contributed by atoms with Crippen LogP contribution in [-0.2, 0) is 0 Å². The van der Waals surface area contributed by atoms with Crippen molar-refractivity contribution in [2.75, 3.05) is 12.4 Å². The fourth-order valence-corrected chi connectivity index (χ4v) is 1.89. The number of halogens is 1. The van der Waals surface area contributed by atoms with Gasteiger partial charge in [-0.25, -0.2) is 9.97 Å². The summed E-state index contributed by atoms with van der Waals surface area (Å²) < 4.78 is 5.22. The minimum absolute atomic E-state index is 0.289. The summed E-state index contributed by atoms with van der Waals surface area (Å²) in [7, 11) is 1.52. The Kier molecular flexibility index (Phi) is 4.20. The molecule has 0 aliphatic heterocycles. The molecule has 0 saturated heterocycles. The molecule has 0 spiro atoms. The van der Waals surface area contributed by atoms with Gasteiger partial charge in [-0.05, 0) is 25.5 Å².